The van der Waals surface area contributed by atoms with Gasteiger partial charge >= 0.3 is 0 Å². The number of hydrogen-bond donors (Lipinski definition) is 0. The Balaban J connectivity index is 0.684. The second-order valence-electron chi connectivity index (χ2n) is 32.5. The first-order chi connectivity index (χ1) is 59.6. The molecule has 8 heteroatoms. The number of para-hydroxylation sites is 5. The van der Waals surface area contributed by atoms with Gasteiger partial charge in [0.2, 0.25) is 5.95 Å². The standard InChI is InChI=1S/C112H62N8/c1-5-29-70-63(25-1)51-54-85-105(70)115-112(116-106(85)88-59-67-27-3-4-28-69(67)72-31-7-9-33-74(72)88)120-97-48-24-19-43-84(97)102-100(120)62-91-87-58-66(53-56-98(87)118-94-45-21-16-38-79(94)77-36-12-14-41-82(77)104(102)110(91)118)65-49-50-68-60-89(75-34-10-8-32-73(75)86(68)57-65)108-111(114-107-71-30-6-2-26-64(71)52-55-92(107)113-108)119-96-47-23-18-42-83(96)101-99(119)61-90-80-39-17-22-46-95(80)117-93-44-20-15-37-78(93)76-35-11-13-40-81(76)103(101)109(90)117/h1-62H. The second-order valence-corrected chi connectivity index (χ2v) is 32.5. The molecule has 8 nitrogen and oxygen atoms in total. The van der Waals surface area contributed by atoms with E-state index >= 15 is 0 Å². The summed E-state index contributed by atoms with van der Waals surface area (Å²) in [4.78, 5) is 23.8. The van der Waals surface area contributed by atoms with Crippen molar-refractivity contribution < 1.29 is 0 Å². The lowest BCUT2D eigenvalue weighted by molar-refractivity contribution is 1.02. The van der Waals surface area contributed by atoms with Crippen molar-refractivity contribution in [3.8, 4) is 101 Å². The van der Waals surface area contributed by atoms with Gasteiger partial charge in [-0.2, -0.15) is 0 Å². The molecule has 0 bridgehead atoms. The summed E-state index contributed by atoms with van der Waals surface area (Å²) in [5, 5.41) is 23.8. The van der Waals surface area contributed by atoms with Crippen molar-refractivity contribution in [3.05, 3.63) is 376 Å². The molecule has 0 saturated carbocycles. The smallest absolute Gasteiger partial charge is 0.235 e. The van der Waals surface area contributed by atoms with Crippen molar-refractivity contribution in [2.75, 3.05) is 0 Å². The van der Waals surface area contributed by atoms with Crippen molar-refractivity contribution in [1.82, 2.24) is 38.2 Å². The molecular weight excluding hydrogens is 1460 g/mol. The maximum absolute atomic E-state index is 6.05. The van der Waals surface area contributed by atoms with Crippen molar-refractivity contribution in [3.63, 3.8) is 0 Å². The summed E-state index contributed by atoms with van der Waals surface area (Å²) in [6.07, 6.45) is 0. The summed E-state index contributed by atoms with van der Waals surface area (Å²) in [6, 6.07) is 139. The van der Waals surface area contributed by atoms with E-state index in [1.54, 1.807) is 0 Å². The van der Waals surface area contributed by atoms with E-state index in [0.717, 1.165) is 181 Å². The zero-order chi connectivity index (χ0) is 77.8. The molecule has 0 spiro atoms. The average molecular weight is 1520 g/mol. The molecule has 0 unspecified atom stereocenters. The van der Waals surface area contributed by atoms with Gasteiger partial charge < -0.3 is 9.13 Å². The predicted molar refractivity (Wildman–Crippen MR) is 500 cm³/mol. The maximum Gasteiger partial charge on any atom is 0.235 e. The molecule has 0 N–H and O–H groups in total. The normalized spacial score (nSPS) is 12.5. The predicted octanol–water partition coefficient (Wildman–Crippen LogP) is 29.2. The molecule has 0 atom stereocenters. The quantitative estimate of drug-likeness (QED) is 0.161. The highest BCUT2D eigenvalue weighted by Crippen LogP contribution is 2.56. The maximum atomic E-state index is 6.05. The molecule has 120 heavy (non-hydrogen) atoms. The molecule has 0 amide bonds. The van der Waals surface area contributed by atoms with E-state index in [2.05, 4.69) is 394 Å². The summed E-state index contributed by atoms with van der Waals surface area (Å²) in [6.45, 7) is 0. The van der Waals surface area contributed by atoms with Crippen molar-refractivity contribution in [2.24, 2.45) is 0 Å². The van der Waals surface area contributed by atoms with Gasteiger partial charge in [-0.3, -0.25) is 9.13 Å². The summed E-state index contributed by atoms with van der Waals surface area (Å²) >= 11 is 0. The van der Waals surface area contributed by atoms with E-state index in [0.29, 0.717) is 5.95 Å². The number of benzene rings is 20. The van der Waals surface area contributed by atoms with Crippen molar-refractivity contribution >= 4 is 174 Å². The first-order valence-electron chi connectivity index (χ1n) is 41.3. The summed E-state index contributed by atoms with van der Waals surface area (Å²) in [5.74, 6) is 1.38. The minimum Gasteiger partial charge on any atom is -0.308 e. The van der Waals surface area contributed by atoms with Gasteiger partial charge in [0.15, 0.2) is 5.82 Å². The van der Waals surface area contributed by atoms with Gasteiger partial charge in [0.05, 0.1) is 77.8 Å². The van der Waals surface area contributed by atoms with E-state index in [4.69, 9.17) is 19.9 Å². The molecule has 20 aromatic carbocycles. The lowest BCUT2D eigenvalue weighted by Crippen LogP contribution is -2.04. The SMILES string of the molecule is c1ccc2c(c1)-c1ccccc1-n1c3ccc(-c4ccc5cc(-c6nc7ccc8ccccc8c7nc6-n6c7ccccc7c7c8c9c(cc76)c6ccccc6n9-c6ccccc6-c6ccccc6-8)c6ccccc6c5c4)cc3c3cc4c(c-2c31)c1ccccc1n4-c1nc(-c2cc3ccccc3c3ccccc23)c2ccc3ccccc3c2n1. The lowest BCUT2D eigenvalue weighted by atomic mass is 9.90. The molecule has 2 aliphatic heterocycles. The Labute approximate surface area is 684 Å². The molecule has 8 heterocycles. The Kier molecular flexibility index (Phi) is 12.7. The lowest BCUT2D eigenvalue weighted by Gasteiger charge is -2.18. The molecule has 0 radical (unpaired) electrons. The fraction of sp³-hybridized carbons (Fsp3) is 0. The molecule has 2 aliphatic rings. The minimum absolute atomic E-state index is 0.609. The van der Waals surface area contributed by atoms with Gasteiger partial charge in [0.25, 0.3) is 0 Å². The van der Waals surface area contributed by atoms with E-state index in [1.807, 2.05) is 0 Å². The Hall–Kier alpha value is -16.2. The molecule has 0 aliphatic carbocycles. The molecule has 6 aromatic heterocycles. The second kappa shape index (κ2) is 23.8. The van der Waals surface area contributed by atoms with E-state index in [9.17, 15) is 0 Å². The van der Waals surface area contributed by atoms with E-state index in [-0.39, 0.29) is 0 Å². The van der Waals surface area contributed by atoms with Gasteiger partial charge in [-0.15, -0.1) is 0 Å². The minimum atomic E-state index is 0.609. The van der Waals surface area contributed by atoms with E-state index < -0.39 is 0 Å². The number of aromatic nitrogens is 8. The molecule has 550 valence electrons. The van der Waals surface area contributed by atoms with Crippen LogP contribution in [0.3, 0.4) is 0 Å². The number of rotatable bonds is 5. The van der Waals surface area contributed by atoms with Crippen LogP contribution in [0.4, 0.5) is 0 Å². The van der Waals surface area contributed by atoms with Crippen LogP contribution in [0.2, 0.25) is 0 Å². The molecule has 26 aromatic rings. The Morgan fingerprint density at radius 1 is 0.192 bits per heavy atom. The summed E-state index contributed by atoms with van der Waals surface area (Å²) in [7, 11) is 0. The van der Waals surface area contributed by atoms with Crippen LogP contribution < -0.4 is 0 Å². The van der Waals surface area contributed by atoms with Crippen LogP contribution in [0.25, 0.3) is 275 Å². The van der Waals surface area contributed by atoms with Crippen LogP contribution in [-0.4, -0.2) is 38.2 Å². The zero-order valence-corrected chi connectivity index (χ0v) is 64.4. The first-order valence-corrected chi connectivity index (χ1v) is 41.3. The fourth-order valence-electron chi connectivity index (χ4n) is 21.5. The monoisotopic (exact) mass is 1520 g/mol. The van der Waals surface area contributed by atoms with E-state index in [1.165, 1.54) is 88.2 Å². The molecule has 0 fully saturated rings. The van der Waals surface area contributed by atoms with Gasteiger partial charge in [0, 0.05) is 92.6 Å². The first kappa shape index (κ1) is 64.2. The fourth-order valence-corrected chi connectivity index (χ4v) is 21.5. The number of nitrogens with zero attached hydrogens (tertiary/aromatic N) is 8. The van der Waals surface area contributed by atoms with Crippen LogP contribution in [-0.2, 0) is 0 Å². The highest BCUT2D eigenvalue weighted by molar-refractivity contribution is 6.32. The third-order valence-electron chi connectivity index (χ3n) is 26.5. The average Bonchev–Trinajstić information content (AvgIpc) is 1.52. The molecular formula is C112H62N8. The Bertz CT molecular complexity index is 9210. The van der Waals surface area contributed by atoms with Gasteiger partial charge in [-0.05, 0) is 172 Å². The number of hydrogen-bond acceptors (Lipinski definition) is 4. The molecule has 28 rings (SSSR count). The van der Waals surface area contributed by atoms with Gasteiger partial charge in [-0.25, -0.2) is 19.9 Å². The van der Waals surface area contributed by atoms with Crippen LogP contribution in [0.15, 0.2) is 376 Å². The number of fused-ring (bicyclic) bond motifs is 36. The van der Waals surface area contributed by atoms with Crippen LogP contribution in [0.5, 0.6) is 0 Å². The molecule has 0 saturated heterocycles. The largest absolute Gasteiger partial charge is 0.308 e. The van der Waals surface area contributed by atoms with Crippen LogP contribution >= 0.6 is 0 Å². The zero-order valence-electron chi connectivity index (χ0n) is 64.4. The van der Waals surface area contributed by atoms with Crippen molar-refractivity contribution in [2.45, 2.75) is 0 Å². The van der Waals surface area contributed by atoms with Crippen molar-refractivity contribution in [1.29, 1.82) is 0 Å². The Morgan fingerprint density at radius 2 is 0.617 bits per heavy atom. The highest BCUT2D eigenvalue weighted by Gasteiger charge is 2.34. The van der Waals surface area contributed by atoms with Crippen LogP contribution in [0.1, 0.15) is 0 Å². The third-order valence-corrected chi connectivity index (χ3v) is 26.5. The Morgan fingerprint density at radius 3 is 1.25 bits per heavy atom. The third kappa shape index (κ3) is 8.56. The highest BCUT2D eigenvalue weighted by atomic mass is 15.2. The van der Waals surface area contributed by atoms with Crippen LogP contribution in [0, 0.1) is 0 Å². The summed E-state index contributed by atoms with van der Waals surface area (Å²) in [5.41, 5.74) is 29.2. The van der Waals surface area contributed by atoms with Gasteiger partial charge in [-0.1, -0.05) is 291 Å². The topological polar surface area (TPSA) is 71.3 Å². The summed E-state index contributed by atoms with van der Waals surface area (Å²) < 4.78 is 9.90. The van der Waals surface area contributed by atoms with Gasteiger partial charge in [0.1, 0.15) is 5.69 Å².